The second kappa shape index (κ2) is 10.1. The van der Waals surface area contributed by atoms with E-state index < -0.39 is 5.82 Å². The van der Waals surface area contributed by atoms with Gasteiger partial charge in [0.2, 0.25) is 0 Å². The van der Waals surface area contributed by atoms with Crippen molar-refractivity contribution in [3.8, 4) is 5.75 Å². The average Bonchev–Trinajstić information content (AvgIpc) is 2.69. The van der Waals surface area contributed by atoms with Crippen molar-refractivity contribution < 1.29 is 13.9 Å². The quantitative estimate of drug-likeness (QED) is 0.702. The van der Waals surface area contributed by atoms with Crippen LogP contribution in [0, 0.1) is 11.7 Å². The van der Waals surface area contributed by atoms with Gasteiger partial charge in [0.15, 0.2) is 0 Å². The topological polar surface area (TPSA) is 41.6 Å². The highest BCUT2D eigenvalue weighted by Crippen LogP contribution is 2.27. The van der Waals surface area contributed by atoms with Gasteiger partial charge in [-0.15, -0.1) is 0 Å². The molecule has 4 nitrogen and oxygen atoms in total. The largest absolute Gasteiger partial charge is 0.491 e. The Morgan fingerprint density at radius 1 is 1.18 bits per heavy atom. The molecule has 1 saturated heterocycles. The van der Waals surface area contributed by atoms with E-state index in [1.54, 1.807) is 30.3 Å². The van der Waals surface area contributed by atoms with Crippen molar-refractivity contribution in [2.24, 2.45) is 5.92 Å². The lowest BCUT2D eigenvalue weighted by Gasteiger charge is -2.31. The molecule has 3 rings (SSSR count). The van der Waals surface area contributed by atoms with Gasteiger partial charge >= 0.3 is 0 Å². The molecule has 1 aliphatic heterocycles. The van der Waals surface area contributed by atoms with Crippen LogP contribution in [-0.4, -0.2) is 43.6 Å². The van der Waals surface area contributed by atoms with Gasteiger partial charge in [-0.05, 0) is 62.2 Å². The van der Waals surface area contributed by atoms with Crippen molar-refractivity contribution in [1.29, 1.82) is 0 Å². The van der Waals surface area contributed by atoms with Gasteiger partial charge in [0, 0.05) is 29.7 Å². The van der Waals surface area contributed by atoms with Gasteiger partial charge in [0.05, 0.1) is 5.02 Å². The number of halogens is 3. The lowest BCUT2D eigenvalue weighted by Crippen LogP contribution is -2.40. The molecule has 0 spiro atoms. The first-order valence-electron chi connectivity index (χ1n) is 9.35. The van der Waals surface area contributed by atoms with E-state index in [-0.39, 0.29) is 5.91 Å². The molecule has 2 aromatic carbocycles. The van der Waals surface area contributed by atoms with Crippen molar-refractivity contribution >= 4 is 29.1 Å². The first-order chi connectivity index (χ1) is 13.5. The minimum atomic E-state index is -0.401. The summed E-state index contributed by atoms with van der Waals surface area (Å²) >= 11 is 12.1. The first-order valence-corrected chi connectivity index (χ1v) is 10.1. The SMILES string of the molecule is O=C(NCC1CCN(CCOc2cc(Cl)ccc2Cl)CC1)c1cccc(F)c1. The number of carbonyl (C=O) groups is 1. The lowest BCUT2D eigenvalue weighted by molar-refractivity contribution is 0.0933. The number of ether oxygens (including phenoxy) is 1. The Morgan fingerprint density at radius 3 is 2.71 bits per heavy atom. The molecule has 1 heterocycles. The van der Waals surface area contributed by atoms with Crippen LogP contribution in [0.2, 0.25) is 10.0 Å². The number of rotatable bonds is 7. The molecule has 2 aromatic rings. The second-order valence-corrected chi connectivity index (χ2v) is 7.77. The Hall–Kier alpha value is -1.82. The Morgan fingerprint density at radius 2 is 1.96 bits per heavy atom. The minimum absolute atomic E-state index is 0.228. The van der Waals surface area contributed by atoms with Crippen LogP contribution in [0.1, 0.15) is 23.2 Å². The third-order valence-electron chi connectivity index (χ3n) is 4.90. The molecule has 28 heavy (non-hydrogen) atoms. The molecule has 0 saturated carbocycles. The highest BCUT2D eigenvalue weighted by molar-refractivity contribution is 6.34. The smallest absolute Gasteiger partial charge is 0.251 e. The van der Waals surface area contributed by atoms with Gasteiger partial charge in [-0.2, -0.15) is 0 Å². The zero-order valence-electron chi connectivity index (χ0n) is 15.5. The normalized spacial score (nSPS) is 15.4. The standard InChI is InChI=1S/C21H23Cl2FN2O2/c22-17-4-5-19(23)20(13-17)28-11-10-26-8-6-15(7-9-26)14-25-21(27)16-2-1-3-18(24)12-16/h1-5,12-13,15H,6-11,14H2,(H,25,27). The molecule has 0 unspecified atom stereocenters. The lowest BCUT2D eigenvalue weighted by atomic mass is 9.96. The average molecular weight is 425 g/mol. The van der Waals surface area contributed by atoms with E-state index in [9.17, 15) is 9.18 Å². The molecular formula is C21H23Cl2FN2O2. The summed E-state index contributed by atoms with van der Waals surface area (Å²) in [5, 5.41) is 4.06. The second-order valence-electron chi connectivity index (χ2n) is 6.93. The van der Waals surface area contributed by atoms with Crippen LogP contribution in [0.5, 0.6) is 5.75 Å². The predicted octanol–water partition coefficient (Wildman–Crippen LogP) is 4.65. The van der Waals surface area contributed by atoms with Crippen LogP contribution in [-0.2, 0) is 0 Å². The van der Waals surface area contributed by atoms with Crippen molar-refractivity contribution in [2.45, 2.75) is 12.8 Å². The highest BCUT2D eigenvalue weighted by Gasteiger charge is 2.20. The maximum Gasteiger partial charge on any atom is 0.251 e. The number of piperidine rings is 1. The van der Waals surface area contributed by atoms with Crippen LogP contribution < -0.4 is 10.1 Å². The van der Waals surface area contributed by atoms with Crippen LogP contribution in [0.15, 0.2) is 42.5 Å². The Bertz CT molecular complexity index is 811. The highest BCUT2D eigenvalue weighted by atomic mass is 35.5. The maximum atomic E-state index is 13.2. The van der Waals surface area contributed by atoms with Crippen LogP contribution in [0.4, 0.5) is 4.39 Å². The summed E-state index contributed by atoms with van der Waals surface area (Å²) in [6.45, 7) is 3.87. The molecule has 7 heteroatoms. The molecule has 1 amide bonds. The number of carbonyl (C=O) groups excluding carboxylic acids is 1. The molecule has 1 N–H and O–H groups in total. The fourth-order valence-corrected chi connectivity index (χ4v) is 3.59. The number of hydrogen-bond donors (Lipinski definition) is 1. The summed E-state index contributed by atoms with van der Waals surface area (Å²) in [6.07, 6.45) is 2.00. The fraction of sp³-hybridized carbons (Fsp3) is 0.381. The van der Waals surface area contributed by atoms with Gasteiger partial charge < -0.3 is 10.1 Å². The Labute approximate surface area is 174 Å². The van der Waals surface area contributed by atoms with E-state index >= 15 is 0 Å². The third-order valence-corrected chi connectivity index (χ3v) is 5.45. The van der Waals surface area contributed by atoms with E-state index in [0.29, 0.717) is 40.4 Å². The Balaban J connectivity index is 1.35. The van der Waals surface area contributed by atoms with E-state index in [1.165, 1.54) is 12.1 Å². The first kappa shape index (κ1) is 20.9. The molecule has 150 valence electrons. The number of amides is 1. The van der Waals surface area contributed by atoms with Crippen LogP contribution >= 0.6 is 23.2 Å². The minimum Gasteiger partial charge on any atom is -0.491 e. The zero-order valence-corrected chi connectivity index (χ0v) is 17.0. The molecule has 0 aromatic heterocycles. The van der Waals surface area contributed by atoms with Gasteiger partial charge in [-0.25, -0.2) is 4.39 Å². The van der Waals surface area contributed by atoms with Crippen LogP contribution in [0.3, 0.4) is 0 Å². The number of hydrogen-bond acceptors (Lipinski definition) is 3. The molecule has 0 atom stereocenters. The van der Waals surface area contributed by atoms with E-state index in [2.05, 4.69) is 10.2 Å². The molecule has 0 aliphatic carbocycles. The summed E-state index contributed by atoms with van der Waals surface area (Å²) < 4.78 is 18.9. The molecule has 1 fully saturated rings. The summed E-state index contributed by atoms with van der Waals surface area (Å²) in [4.78, 5) is 14.4. The fourth-order valence-electron chi connectivity index (χ4n) is 3.26. The van der Waals surface area contributed by atoms with E-state index in [4.69, 9.17) is 27.9 Å². The molecule has 0 radical (unpaired) electrons. The predicted molar refractivity (Wildman–Crippen MR) is 110 cm³/mol. The summed E-state index contributed by atoms with van der Waals surface area (Å²) in [6, 6.07) is 10.9. The number of nitrogens with one attached hydrogen (secondary N) is 1. The number of likely N-dealkylation sites (tertiary alicyclic amines) is 1. The van der Waals surface area contributed by atoms with Gasteiger partial charge in [-0.3, -0.25) is 9.69 Å². The van der Waals surface area contributed by atoms with Gasteiger partial charge in [-0.1, -0.05) is 29.3 Å². The third kappa shape index (κ3) is 6.09. The Kier molecular flexibility index (Phi) is 7.54. The summed E-state index contributed by atoms with van der Waals surface area (Å²) in [7, 11) is 0. The van der Waals surface area contributed by atoms with Gasteiger partial charge in [0.1, 0.15) is 18.2 Å². The van der Waals surface area contributed by atoms with E-state index in [1.807, 2.05) is 0 Å². The van der Waals surface area contributed by atoms with Crippen molar-refractivity contribution in [2.75, 3.05) is 32.8 Å². The van der Waals surface area contributed by atoms with Gasteiger partial charge in [0.25, 0.3) is 5.91 Å². The van der Waals surface area contributed by atoms with Crippen molar-refractivity contribution in [3.05, 3.63) is 63.9 Å². The number of nitrogens with zero attached hydrogens (tertiary/aromatic N) is 1. The molecule has 1 aliphatic rings. The zero-order chi connectivity index (χ0) is 19.9. The summed E-state index contributed by atoms with van der Waals surface area (Å²) in [5.74, 6) is 0.400. The monoisotopic (exact) mass is 424 g/mol. The van der Waals surface area contributed by atoms with Crippen molar-refractivity contribution in [1.82, 2.24) is 10.2 Å². The van der Waals surface area contributed by atoms with E-state index in [0.717, 1.165) is 32.5 Å². The number of benzene rings is 2. The van der Waals surface area contributed by atoms with Crippen LogP contribution in [0.25, 0.3) is 0 Å². The maximum absolute atomic E-state index is 13.2. The van der Waals surface area contributed by atoms with Crippen molar-refractivity contribution in [3.63, 3.8) is 0 Å². The molecule has 0 bridgehead atoms. The molecular weight excluding hydrogens is 402 g/mol. The summed E-state index contributed by atoms with van der Waals surface area (Å²) in [5.41, 5.74) is 0.356.